The number of nitrogens with one attached hydrogen (secondary N) is 1. The summed E-state index contributed by atoms with van der Waals surface area (Å²) < 4.78 is 20.2. The normalized spacial score (nSPS) is 12.1. The fourth-order valence-corrected chi connectivity index (χ4v) is 3.45. The molecule has 140 valence electrons. The SMILES string of the molecule is CCOC(=O)C(Cc1ccc(Br)cc1F)c1n[nH]c(=O)c2c(C)cccc12. The molecule has 1 N–H and O–H groups in total. The molecular weight excluding hydrogens is 415 g/mol. The number of aromatic amines is 1. The van der Waals surface area contributed by atoms with E-state index in [4.69, 9.17) is 4.74 Å². The van der Waals surface area contributed by atoms with Gasteiger partial charge in [0.25, 0.3) is 5.56 Å². The van der Waals surface area contributed by atoms with Crippen LogP contribution in [0.1, 0.15) is 29.7 Å². The molecule has 0 saturated carbocycles. The van der Waals surface area contributed by atoms with E-state index in [1.807, 2.05) is 13.0 Å². The van der Waals surface area contributed by atoms with Gasteiger partial charge in [-0.1, -0.05) is 40.2 Å². The lowest BCUT2D eigenvalue weighted by Gasteiger charge is -2.17. The highest BCUT2D eigenvalue weighted by atomic mass is 79.9. The Morgan fingerprint density at radius 1 is 1.33 bits per heavy atom. The first-order valence-corrected chi connectivity index (χ1v) is 9.30. The second-order valence-electron chi connectivity index (χ2n) is 6.18. The van der Waals surface area contributed by atoms with Crippen LogP contribution in [0.5, 0.6) is 0 Å². The Balaban J connectivity index is 2.16. The number of hydrogen-bond acceptors (Lipinski definition) is 4. The molecule has 27 heavy (non-hydrogen) atoms. The quantitative estimate of drug-likeness (QED) is 0.617. The van der Waals surface area contributed by atoms with Gasteiger partial charge in [0.05, 0.1) is 17.7 Å². The number of rotatable bonds is 5. The van der Waals surface area contributed by atoms with Crippen molar-refractivity contribution in [1.29, 1.82) is 0 Å². The zero-order valence-electron chi connectivity index (χ0n) is 14.9. The third kappa shape index (κ3) is 3.93. The summed E-state index contributed by atoms with van der Waals surface area (Å²) >= 11 is 3.23. The first-order valence-electron chi connectivity index (χ1n) is 8.50. The van der Waals surface area contributed by atoms with Gasteiger partial charge in [-0.15, -0.1) is 0 Å². The minimum Gasteiger partial charge on any atom is -0.465 e. The first kappa shape index (κ1) is 19.2. The Hall–Kier alpha value is -2.54. The van der Waals surface area contributed by atoms with Crippen molar-refractivity contribution < 1.29 is 13.9 Å². The van der Waals surface area contributed by atoms with Gasteiger partial charge in [0.15, 0.2) is 0 Å². The van der Waals surface area contributed by atoms with Crippen LogP contribution in [0.3, 0.4) is 0 Å². The number of aryl methyl sites for hydroxylation is 1. The van der Waals surface area contributed by atoms with E-state index in [0.29, 0.717) is 26.5 Å². The molecule has 7 heteroatoms. The minimum atomic E-state index is -0.846. The number of halogens is 2. The van der Waals surface area contributed by atoms with E-state index >= 15 is 0 Å². The van der Waals surface area contributed by atoms with Crippen LogP contribution in [0.25, 0.3) is 10.8 Å². The Bertz CT molecular complexity index is 1060. The predicted octanol–water partition coefficient (Wildman–Crippen LogP) is 4.02. The number of esters is 1. The van der Waals surface area contributed by atoms with E-state index in [2.05, 4.69) is 26.1 Å². The number of carbonyl (C=O) groups excluding carboxylic acids is 1. The van der Waals surface area contributed by atoms with Crippen LogP contribution in [0.2, 0.25) is 0 Å². The molecule has 0 spiro atoms. The molecule has 0 aliphatic carbocycles. The topological polar surface area (TPSA) is 72.0 Å². The molecule has 3 rings (SSSR count). The molecular formula is C20H18BrFN2O3. The van der Waals surface area contributed by atoms with Gasteiger partial charge in [0.2, 0.25) is 0 Å². The van der Waals surface area contributed by atoms with Gasteiger partial charge in [0.1, 0.15) is 11.7 Å². The highest BCUT2D eigenvalue weighted by Gasteiger charge is 2.28. The van der Waals surface area contributed by atoms with Crippen molar-refractivity contribution in [3.05, 3.63) is 73.9 Å². The largest absolute Gasteiger partial charge is 0.465 e. The second-order valence-corrected chi connectivity index (χ2v) is 7.10. The van der Waals surface area contributed by atoms with Crippen molar-refractivity contribution >= 4 is 32.7 Å². The molecule has 1 atom stereocenters. The van der Waals surface area contributed by atoms with Crippen molar-refractivity contribution in [3.63, 3.8) is 0 Å². The van der Waals surface area contributed by atoms with Gasteiger partial charge >= 0.3 is 5.97 Å². The third-order valence-corrected chi connectivity index (χ3v) is 4.89. The second kappa shape index (κ2) is 8.00. The van der Waals surface area contributed by atoms with Gasteiger partial charge in [-0.3, -0.25) is 9.59 Å². The zero-order chi connectivity index (χ0) is 19.6. The Kier molecular flexibility index (Phi) is 5.70. The lowest BCUT2D eigenvalue weighted by molar-refractivity contribution is -0.145. The Labute approximate surface area is 163 Å². The summed E-state index contributed by atoms with van der Waals surface area (Å²) in [4.78, 5) is 24.9. The molecule has 0 aliphatic heterocycles. The van der Waals surface area contributed by atoms with Crippen LogP contribution in [-0.2, 0) is 16.0 Å². The van der Waals surface area contributed by atoms with Crippen molar-refractivity contribution in [3.8, 4) is 0 Å². The highest BCUT2D eigenvalue weighted by Crippen LogP contribution is 2.29. The number of benzene rings is 2. The predicted molar refractivity (Wildman–Crippen MR) is 104 cm³/mol. The lowest BCUT2D eigenvalue weighted by atomic mass is 9.92. The van der Waals surface area contributed by atoms with E-state index in [1.54, 1.807) is 31.2 Å². The van der Waals surface area contributed by atoms with Crippen molar-refractivity contribution in [1.82, 2.24) is 10.2 Å². The summed E-state index contributed by atoms with van der Waals surface area (Å²) in [5.41, 5.74) is 1.18. The monoisotopic (exact) mass is 432 g/mol. The van der Waals surface area contributed by atoms with Crippen LogP contribution >= 0.6 is 15.9 Å². The maximum absolute atomic E-state index is 14.4. The molecule has 3 aromatic rings. The van der Waals surface area contributed by atoms with Crippen molar-refractivity contribution in [2.45, 2.75) is 26.2 Å². The van der Waals surface area contributed by atoms with Gasteiger partial charge in [0, 0.05) is 9.86 Å². The number of H-pyrrole nitrogens is 1. The maximum atomic E-state index is 14.4. The summed E-state index contributed by atoms with van der Waals surface area (Å²) in [5.74, 6) is -1.78. The molecule has 5 nitrogen and oxygen atoms in total. The van der Waals surface area contributed by atoms with Gasteiger partial charge in [-0.2, -0.15) is 5.10 Å². The average Bonchev–Trinajstić information content (AvgIpc) is 2.62. The molecule has 1 unspecified atom stereocenters. The van der Waals surface area contributed by atoms with E-state index in [0.717, 1.165) is 5.56 Å². The van der Waals surface area contributed by atoms with Crippen LogP contribution < -0.4 is 5.56 Å². The van der Waals surface area contributed by atoms with Crippen molar-refractivity contribution in [2.75, 3.05) is 6.61 Å². The standard InChI is InChI=1S/C20H18BrFN2O3/c1-3-27-20(26)15(9-12-7-8-13(21)10-16(12)22)18-14-6-4-5-11(2)17(14)19(25)24-23-18/h4-8,10,15H,3,9H2,1-2H3,(H,24,25). The number of carbonyl (C=O) groups is 1. The summed E-state index contributed by atoms with van der Waals surface area (Å²) in [6, 6.07) is 10.0. The molecule has 0 fully saturated rings. The number of hydrogen-bond donors (Lipinski definition) is 1. The van der Waals surface area contributed by atoms with Gasteiger partial charge in [-0.25, -0.2) is 9.49 Å². The van der Waals surface area contributed by atoms with E-state index in [9.17, 15) is 14.0 Å². The Morgan fingerprint density at radius 2 is 2.11 bits per heavy atom. The summed E-state index contributed by atoms with van der Waals surface area (Å²) in [5, 5.41) is 7.61. The maximum Gasteiger partial charge on any atom is 0.315 e. The van der Waals surface area contributed by atoms with Crippen LogP contribution in [-0.4, -0.2) is 22.8 Å². The fourth-order valence-electron chi connectivity index (χ4n) is 3.12. The molecule has 0 bridgehead atoms. The van der Waals surface area contributed by atoms with E-state index in [1.165, 1.54) is 6.07 Å². The number of ether oxygens (including phenoxy) is 1. The van der Waals surface area contributed by atoms with Crippen molar-refractivity contribution in [2.24, 2.45) is 0 Å². The summed E-state index contributed by atoms with van der Waals surface area (Å²) in [6.45, 7) is 3.71. The van der Waals surface area contributed by atoms with Crippen LogP contribution in [0.4, 0.5) is 4.39 Å². The fraction of sp³-hybridized carbons (Fsp3) is 0.250. The van der Waals surface area contributed by atoms with E-state index in [-0.39, 0.29) is 18.6 Å². The third-order valence-electron chi connectivity index (χ3n) is 4.39. The van der Waals surface area contributed by atoms with Gasteiger partial charge in [-0.05, 0) is 43.5 Å². The number of fused-ring (bicyclic) bond motifs is 1. The van der Waals surface area contributed by atoms with Crippen LogP contribution in [0.15, 0.2) is 45.7 Å². The molecule has 2 aromatic carbocycles. The Morgan fingerprint density at radius 3 is 2.81 bits per heavy atom. The minimum absolute atomic E-state index is 0.0695. The zero-order valence-corrected chi connectivity index (χ0v) is 16.5. The lowest BCUT2D eigenvalue weighted by Crippen LogP contribution is -2.23. The van der Waals surface area contributed by atoms with Crippen LogP contribution in [0, 0.1) is 12.7 Å². The molecule has 0 aliphatic rings. The molecule has 0 radical (unpaired) electrons. The molecule has 1 heterocycles. The first-order chi connectivity index (χ1) is 12.9. The smallest absolute Gasteiger partial charge is 0.315 e. The summed E-state index contributed by atoms with van der Waals surface area (Å²) in [7, 11) is 0. The number of aromatic nitrogens is 2. The average molecular weight is 433 g/mol. The number of nitrogens with zero attached hydrogens (tertiary/aromatic N) is 1. The summed E-state index contributed by atoms with van der Waals surface area (Å²) in [6.07, 6.45) is 0.0695. The van der Waals surface area contributed by atoms with E-state index < -0.39 is 17.7 Å². The van der Waals surface area contributed by atoms with Gasteiger partial charge < -0.3 is 4.74 Å². The molecule has 0 amide bonds. The molecule has 0 saturated heterocycles. The molecule has 1 aromatic heterocycles. The highest BCUT2D eigenvalue weighted by molar-refractivity contribution is 9.10.